The van der Waals surface area contributed by atoms with E-state index in [4.69, 9.17) is 23.8 Å². The van der Waals surface area contributed by atoms with Gasteiger partial charge in [-0.05, 0) is 49.5 Å². The molecule has 0 bridgehead atoms. The van der Waals surface area contributed by atoms with Gasteiger partial charge in [0.2, 0.25) is 5.88 Å². The second kappa shape index (κ2) is 6.46. The fourth-order valence-electron chi connectivity index (χ4n) is 2.88. The summed E-state index contributed by atoms with van der Waals surface area (Å²) in [5, 5.41) is 10.7. The van der Waals surface area contributed by atoms with Crippen molar-refractivity contribution in [1.29, 1.82) is 0 Å². The number of nitrogens with zero attached hydrogens (tertiary/aromatic N) is 2. The van der Waals surface area contributed by atoms with E-state index >= 15 is 0 Å². The average Bonchev–Trinajstić information content (AvgIpc) is 3.07. The molecule has 2 aromatic carbocycles. The number of benzene rings is 2. The smallest absolute Gasteiger partial charge is 0.215 e. The average molecular weight is 403 g/mol. The molecule has 0 saturated heterocycles. The molecule has 3 nitrogen and oxygen atoms in total. The monoisotopic (exact) mass is 402 g/mol. The normalized spacial score (nSPS) is 14.6. The summed E-state index contributed by atoms with van der Waals surface area (Å²) in [6.45, 7) is 1.93. The Bertz CT molecular complexity index is 1160. The van der Waals surface area contributed by atoms with Crippen LogP contribution in [0.15, 0.2) is 47.5 Å². The van der Waals surface area contributed by atoms with Crippen molar-refractivity contribution in [3.05, 3.63) is 67.7 Å². The first-order chi connectivity index (χ1) is 12.5. The number of fused-ring (bicyclic) bond motifs is 1. The minimum atomic E-state index is -0.520. The van der Waals surface area contributed by atoms with Crippen LogP contribution in [0.1, 0.15) is 17.4 Å². The Kier molecular flexibility index (Phi) is 4.26. The van der Waals surface area contributed by atoms with Gasteiger partial charge in [0.1, 0.15) is 5.82 Å². The van der Waals surface area contributed by atoms with Crippen LogP contribution in [0.5, 0.6) is 5.88 Å². The topological polar surface area (TPSA) is 37.5 Å². The van der Waals surface area contributed by atoms with Gasteiger partial charge in [0.05, 0.1) is 21.3 Å². The van der Waals surface area contributed by atoms with Crippen LogP contribution in [0.2, 0.25) is 5.02 Å². The van der Waals surface area contributed by atoms with Crippen LogP contribution in [-0.2, 0) is 0 Å². The maximum Gasteiger partial charge on any atom is 0.215 e. The number of rotatable bonds is 2. The van der Waals surface area contributed by atoms with Gasteiger partial charge in [-0.15, -0.1) is 11.3 Å². The molecule has 0 atom stereocenters. The van der Waals surface area contributed by atoms with Crippen molar-refractivity contribution in [2.45, 2.75) is 6.92 Å². The second-order valence-corrected chi connectivity index (χ2v) is 7.84. The zero-order valence-electron chi connectivity index (χ0n) is 13.5. The first kappa shape index (κ1) is 17.1. The predicted octanol–water partition coefficient (Wildman–Crippen LogP) is 6.41. The van der Waals surface area contributed by atoms with E-state index < -0.39 is 5.82 Å². The third-order valence-corrected chi connectivity index (χ3v) is 5.72. The summed E-state index contributed by atoms with van der Waals surface area (Å²) in [6, 6.07) is 12.1. The van der Waals surface area contributed by atoms with E-state index in [1.165, 1.54) is 34.1 Å². The van der Waals surface area contributed by atoms with Gasteiger partial charge in [0, 0.05) is 16.8 Å². The first-order valence-electron chi connectivity index (χ1n) is 7.72. The summed E-state index contributed by atoms with van der Waals surface area (Å²) >= 11 is 12.5. The van der Waals surface area contributed by atoms with Crippen molar-refractivity contribution < 1.29 is 9.50 Å². The van der Waals surface area contributed by atoms with Crippen LogP contribution in [0.4, 0.5) is 10.1 Å². The van der Waals surface area contributed by atoms with E-state index in [1.807, 2.05) is 37.3 Å². The van der Waals surface area contributed by atoms with Crippen LogP contribution in [0.3, 0.4) is 0 Å². The highest BCUT2D eigenvalue weighted by atomic mass is 35.5. The number of halogens is 2. The Morgan fingerprint density at radius 1 is 1.27 bits per heavy atom. The fourth-order valence-corrected chi connectivity index (χ4v) is 4.34. The summed E-state index contributed by atoms with van der Waals surface area (Å²) < 4.78 is 15.3. The molecule has 4 rings (SSSR count). The summed E-state index contributed by atoms with van der Waals surface area (Å²) in [5.41, 5.74) is 4.25. The molecule has 1 aliphatic rings. The molecule has 1 N–H and O–H groups in total. The maximum absolute atomic E-state index is 13.4. The van der Waals surface area contributed by atoms with E-state index in [1.54, 1.807) is 0 Å². The van der Waals surface area contributed by atoms with Crippen molar-refractivity contribution >= 4 is 58.2 Å². The summed E-state index contributed by atoms with van der Waals surface area (Å²) in [4.78, 5) is 5.16. The third kappa shape index (κ3) is 2.80. The Morgan fingerprint density at radius 2 is 2.04 bits per heavy atom. The van der Waals surface area contributed by atoms with Gasteiger partial charge in [-0.2, -0.15) is 0 Å². The molecular weight excluding hydrogens is 391 g/mol. The van der Waals surface area contributed by atoms with Crippen LogP contribution < -0.4 is 0 Å². The Morgan fingerprint density at radius 3 is 2.81 bits per heavy atom. The maximum atomic E-state index is 13.4. The SMILES string of the molecule is CC1=Nc2ccccc2/C1=C\c1sc(=S)n(-c2ccc(F)c(Cl)c2)c1O. The summed E-state index contributed by atoms with van der Waals surface area (Å²) in [5.74, 6) is -0.527. The zero-order chi connectivity index (χ0) is 18.4. The highest BCUT2D eigenvalue weighted by Gasteiger charge is 2.20. The van der Waals surface area contributed by atoms with Gasteiger partial charge < -0.3 is 5.11 Å². The van der Waals surface area contributed by atoms with Gasteiger partial charge in [-0.25, -0.2) is 4.39 Å². The molecule has 0 unspecified atom stereocenters. The lowest BCUT2D eigenvalue weighted by Gasteiger charge is -2.06. The number of hydrogen-bond acceptors (Lipinski definition) is 4. The molecule has 130 valence electrons. The highest BCUT2D eigenvalue weighted by molar-refractivity contribution is 7.73. The standard InChI is InChI=1S/C19H12ClFN2OS2/c1-10-13(12-4-2-3-5-16(12)22-10)9-17-18(24)23(19(25)26-17)11-6-7-15(21)14(20)8-11/h2-9,24H,1H3/b13-9-. The Balaban J connectivity index is 1.85. The minimum absolute atomic E-state index is 0.00708. The third-order valence-electron chi connectivity index (χ3n) is 4.12. The van der Waals surface area contributed by atoms with E-state index in [2.05, 4.69) is 4.99 Å². The number of para-hydroxylation sites is 1. The number of aromatic nitrogens is 1. The Hall–Kier alpha value is -2.28. The minimum Gasteiger partial charge on any atom is -0.493 e. The molecule has 0 amide bonds. The van der Waals surface area contributed by atoms with Crippen LogP contribution in [0, 0.1) is 9.77 Å². The van der Waals surface area contributed by atoms with Crippen molar-refractivity contribution in [2.24, 2.45) is 4.99 Å². The molecule has 7 heteroatoms. The lowest BCUT2D eigenvalue weighted by molar-refractivity contribution is 0.441. The van der Waals surface area contributed by atoms with E-state index in [0.717, 1.165) is 22.5 Å². The van der Waals surface area contributed by atoms with E-state index in [-0.39, 0.29) is 10.9 Å². The number of allylic oxidation sites excluding steroid dienone is 1. The molecule has 0 fully saturated rings. The number of hydrogen-bond donors (Lipinski definition) is 1. The first-order valence-corrected chi connectivity index (χ1v) is 9.33. The van der Waals surface area contributed by atoms with Crippen LogP contribution >= 0.6 is 35.2 Å². The highest BCUT2D eigenvalue weighted by Crippen LogP contribution is 2.39. The molecule has 0 radical (unpaired) electrons. The molecule has 2 heterocycles. The quantitative estimate of drug-likeness (QED) is 0.502. The summed E-state index contributed by atoms with van der Waals surface area (Å²) in [7, 11) is 0. The van der Waals surface area contributed by atoms with E-state index in [0.29, 0.717) is 14.5 Å². The molecule has 26 heavy (non-hydrogen) atoms. The van der Waals surface area contributed by atoms with Crippen LogP contribution in [0.25, 0.3) is 17.3 Å². The molecule has 0 saturated carbocycles. The molecular formula is C19H12ClFN2OS2. The molecule has 1 aliphatic heterocycles. The van der Waals surface area contributed by atoms with Crippen molar-refractivity contribution in [2.75, 3.05) is 0 Å². The number of aromatic hydroxyl groups is 1. The van der Waals surface area contributed by atoms with Gasteiger partial charge >= 0.3 is 0 Å². The van der Waals surface area contributed by atoms with Gasteiger partial charge in [-0.3, -0.25) is 9.56 Å². The molecule has 1 aromatic heterocycles. The zero-order valence-corrected chi connectivity index (χ0v) is 15.9. The van der Waals surface area contributed by atoms with Crippen molar-refractivity contribution in [3.63, 3.8) is 0 Å². The Labute approximate surface area is 163 Å². The lowest BCUT2D eigenvalue weighted by atomic mass is 10.0. The van der Waals surface area contributed by atoms with Crippen molar-refractivity contribution in [3.8, 4) is 11.6 Å². The molecule has 0 aliphatic carbocycles. The predicted molar refractivity (Wildman–Crippen MR) is 108 cm³/mol. The van der Waals surface area contributed by atoms with Crippen LogP contribution in [-0.4, -0.2) is 15.4 Å². The van der Waals surface area contributed by atoms with Crippen molar-refractivity contribution in [1.82, 2.24) is 4.57 Å². The second-order valence-electron chi connectivity index (χ2n) is 5.76. The van der Waals surface area contributed by atoms with Gasteiger partial charge in [0.25, 0.3) is 0 Å². The number of thiazole rings is 1. The fraction of sp³-hybridized carbons (Fsp3) is 0.0526. The van der Waals surface area contributed by atoms with Gasteiger partial charge in [0.15, 0.2) is 3.95 Å². The largest absolute Gasteiger partial charge is 0.493 e. The summed E-state index contributed by atoms with van der Waals surface area (Å²) in [6.07, 6.45) is 1.88. The van der Waals surface area contributed by atoms with E-state index in [9.17, 15) is 9.50 Å². The lowest BCUT2D eigenvalue weighted by Crippen LogP contribution is -1.94. The molecule has 0 spiro atoms. The van der Waals surface area contributed by atoms with Gasteiger partial charge in [-0.1, -0.05) is 29.8 Å². The number of aliphatic imine (C=N–C) groups is 1. The molecule has 3 aromatic rings.